The Morgan fingerprint density at radius 3 is 2.54 bits per heavy atom. The van der Waals surface area contributed by atoms with Gasteiger partial charge >= 0.3 is 6.09 Å². The van der Waals surface area contributed by atoms with Crippen LogP contribution in [0.3, 0.4) is 0 Å². The normalized spacial score (nSPS) is 11.9. The first-order valence-corrected chi connectivity index (χ1v) is 7.64. The van der Waals surface area contributed by atoms with Gasteiger partial charge in [-0.2, -0.15) is 0 Å². The maximum atomic E-state index is 12.3. The van der Waals surface area contributed by atoms with Gasteiger partial charge in [0.25, 0.3) is 5.91 Å². The molecule has 1 amide bonds. The molecule has 24 heavy (non-hydrogen) atoms. The summed E-state index contributed by atoms with van der Waals surface area (Å²) >= 11 is 1.12. The highest BCUT2D eigenvalue weighted by Gasteiger charge is 2.22. The molecule has 0 saturated heterocycles. The van der Waals surface area contributed by atoms with E-state index in [0.29, 0.717) is 0 Å². The van der Waals surface area contributed by atoms with Gasteiger partial charge in [-0.15, -0.1) is 21.5 Å². The van der Waals surface area contributed by atoms with Gasteiger partial charge in [0, 0.05) is 5.38 Å². The second kappa shape index (κ2) is 7.17. The molecule has 0 saturated carbocycles. The van der Waals surface area contributed by atoms with Crippen LogP contribution in [0.2, 0.25) is 0 Å². The molecule has 0 unspecified atom stereocenters. The molecule has 10 nitrogen and oxygen atoms in total. The van der Waals surface area contributed by atoms with Crippen molar-refractivity contribution in [2.24, 2.45) is 5.16 Å². The van der Waals surface area contributed by atoms with Gasteiger partial charge in [-0.3, -0.25) is 14.7 Å². The fraction of sp³-hybridized carbons (Fsp3) is 0.385. The van der Waals surface area contributed by atoms with Gasteiger partial charge in [0.1, 0.15) is 31.1 Å². The number of hydrogen-bond donors (Lipinski definition) is 1. The van der Waals surface area contributed by atoms with E-state index in [9.17, 15) is 9.59 Å². The molecule has 0 aliphatic rings. The topological polar surface area (TPSA) is 121 Å². The Morgan fingerprint density at radius 2 is 1.96 bits per heavy atom. The third-order valence-electron chi connectivity index (χ3n) is 2.39. The zero-order chi connectivity index (χ0) is 17.7. The van der Waals surface area contributed by atoms with Gasteiger partial charge in [-0.25, -0.2) is 9.78 Å². The highest BCUT2D eigenvalue weighted by atomic mass is 32.1. The van der Waals surface area contributed by atoms with Gasteiger partial charge < -0.3 is 9.57 Å². The van der Waals surface area contributed by atoms with Crippen molar-refractivity contribution in [3.63, 3.8) is 0 Å². The number of ether oxygens (including phenoxy) is 1. The Hall–Kier alpha value is -2.82. The molecule has 0 aromatic carbocycles. The van der Waals surface area contributed by atoms with Gasteiger partial charge in [-0.1, -0.05) is 5.16 Å². The van der Waals surface area contributed by atoms with E-state index in [1.54, 1.807) is 26.2 Å². The van der Waals surface area contributed by atoms with Crippen LogP contribution in [-0.2, 0) is 9.57 Å². The highest BCUT2D eigenvalue weighted by molar-refractivity contribution is 7.14. The Bertz CT molecular complexity index is 747. The van der Waals surface area contributed by atoms with Crippen molar-refractivity contribution in [1.29, 1.82) is 0 Å². The Morgan fingerprint density at radius 1 is 1.29 bits per heavy atom. The van der Waals surface area contributed by atoms with Crippen molar-refractivity contribution in [1.82, 2.24) is 19.7 Å². The summed E-state index contributed by atoms with van der Waals surface area (Å²) in [6.45, 7) is 5.25. The molecule has 1 N–H and O–H groups in total. The van der Waals surface area contributed by atoms with E-state index in [0.717, 1.165) is 15.9 Å². The maximum Gasteiger partial charge on any atom is 0.413 e. The number of oxime groups is 1. The summed E-state index contributed by atoms with van der Waals surface area (Å²) in [5.74, 6) is -0.518. The minimum Gasteiger partial charge on any atom is -0.444 e. The first-order chi connectivity index (χ1) is 11.3. The number of hydrogen-bond acceptors (Lipinski definition) is 9. The third kappa shape index (κ3) is 4.59. The number of anilines is 1. The van der Waals surface area contributed by atoms with Crippen molar-refractivity contribution in [3.8, 4) is 0 Å². The quantitative estimate of drug-likeness (QED) is 0.657. The molecule has 0 bridgehead atoms. The molecule has 2 aromatic heterocycles. The minimum absolute atomic E-state index is 0.0502. The first-order valence-electron chi connectivity index (χ1n) is 6.76. The van der Waals surface area contributed by atoms with Crippen molar-refractivity contribution < 1.29 is 19.2 Å². The lowest BCUT2D eigenvalue weighted by Gasteiger charge is -2.18. The van der Waals surface area contributed by atoms with E-state index < -0.39 is 17.6 Å². The van der Waals surface area contributed by atoms with E-state index in [4.69, 9.17) is 9.57 Å². The molecule has 0 fully saturated rings. The monoisotopic (exact) mass is 352 g/mol. The average molecular weight is 352 g/mol. The number of rotatable bonds is 4. The van der Waals surface area contributed by atoms with Crippen molar-refractivity contribution in [2.75, 3.05) is 12.4 Å². The van der Waals surface area contributed by atoms with Crippen LogP contribution in [0.25, 0.3) is 0 Å². The molecule has 0 aliphatic carbocycles. The smallest absolute Gasteiger partial charge is 0.413 e. The summed E-state index contributed by atoms with van der Waals surface area (Å²) in [6.07, 6.45) is 1.83. The summed E-state index contributed by atoms with van der Waals surface area (Å²) in [7, 11) is 1.31. The van der Waals surface area contributed by atoms with Crippen LogP contribution < -0.4 is 5.32 Å². The van der Waals surface area contributed by atoms with E-state index in [-0.39, 0.29) is 16.5 Å². The zero-order valence-corrected chi connectivity index (χ0v) is 14.3. The van der Waals surface area contributed by atoms with Gasteiger partial charge in [0.15, 0.2) is 10.8 Å². The number of nitrogens with one attached hydrogen (secondary N) is 1. The summed E-state index contributed by atoms with van der Waals surface area (Å²) in [5, 5.41) is 15.1. The van der Waals surface area contributed by atoms with Crippen LogP contribution in [0.4, 0.5) is 9.93 Å². The Labute approximate surface area is 141 Å². The molecule has 0 atom stereocenters. The summed E-state index contributed by atoms with van der Waals surface area (Å²) in [6, 6.07) is 0. The predicted molar refractivity (Wildman–Crippen MR) is 86.2 cm³/mol. The van der Waals surface area contributed by atoms with Crippen LogP contribution in [0.1, 0.15) is 31.3 Å². The third-order valence-corrected chi connectivity index (χ3v) is 3.15. The van der Waals surface area contributed by atoms with Crippen LogP contribution in [-0.4, -0.2) is 50.2 Å². The van der Waals surface area contributed by atoms with Crippen LogP contribution in [0.15, 0.2) is 23.2 Å². The van der Waals surface area contributed by atoms with E-state index in [1.165, 1.54) is 19.8 Å². The van der Waals surface area contributed by atoms with E-state index >= 15 is 0 Å². The molecule has 11 heteroatoms. The van der Waals surface area contributed by atoms with Crippen LogP contribution in [0.5, 0.6) is 0 Å². The molecule has 0 radical (unpaired) electrons. The fourth-order valence-electron chi connectivity index (χ4n) is 1.55. The number of aromatic nitrogens is 4. The summed E-state index contributed by atoms with van der Waals surface area (Å²) in [4.78, 5) is 32.9. The molecule has 2 rings (SSSR count). The molecular formula is C13H16N6O4S. The van der Waals surface area contributed by atoms with Gasteiger partial charge in [0.05, 0.1) is 0 Å². The largest absolute Gasteiger partial charge is 0.444 e. The Kier molecular flexibility index (Phi) is 5.24. The Balaban J connectivity index is 2.16. The summed E-state index contributed by atoms with van der Waals surface area (Å²) in [5.41, 5.74) is -0.436. The first kappa shape index (κ1) is 17.5. The molecule has 2 aromatic rings. The van der Waals surface area contributed by atoms with Crippen LogP contribution in [0, 0.1) is 0 Å². The number of thiazole rings is 1. The van der Waals surface area contributed by atoms with E-state index in [1.807, 2.05) is 0 Å². The summed E-state index contributed by atoms with van der Waals surface area (Å²) < 4.78 is 6.28. The lowest BCUT2D eigenvalue weighted by molar-refractivity contribution is 0.0635. The molecular weight excluding hydrogens is 336 g/mol. The zero-order valence-electron chi connectivity index (χ0n) is 13.5. The van der Waals surface area contributed by atoms with E-state index in [2.05, 4.69) is 25.7 Å². The predicted octanol–water partition coefficient (Wildman–Crippen LogP) is 1.77. The fourth-order valence-corrected chi connectivity index (χ4v) is 2.23. The number of amides is 1. The molecule has 0 aliphatic heterocycles. The van der Waals surface area contributed by atoms with Crippen molar-refractivity contribution in [3.05, 3.63) is 23.7 Å². The lowest BCUT2D eigenvalue weighted by Crippen LogP contribution is -2.27. The van der Waals surface area contributed by atoms with Gasteiger partial charge in [0.2, 0.25) is 0 Å². The molecule has 0 spiro atoms. The van der Waals surface area contributed by atoms with Gasteiger partial charge in [-0.05, 0) is 20.8 Å². The highest BCUT2D eigenvalue weighted by Crippen LogP contribution is 2.18. The lowest BCUT2D eigenvalue weighted by atomic mass is 10.2. The number of carbonyl (C=O) groups is 2. The average Bonchev–Trinajstić information content (AvgIpc) is 3.13. The molecule has 2 heterocycles. The second-order valence-electron chi connectivity index (χ2n) is 5.46. The number of carbonyl (C=O) groups excluding carboxylic acids is 2. The van der Waals surface area contributed by atoms with Crippen molar-refractivity contribution >= 4 is 34.2 Å². The second-order valence-corrected chi connectivity index (χ2v) is 6.32. The maximum absolute atomic E-state index is 12.3. The SMILES string of the molecule is CON=C(C(=O)n1cnnc1)c1csc(NC(=O)OC(C)(C)C)n1. The van der Waals surface area contributed by atoms with Crippen LogP contribution >= 0.6 is 11.3 Å². The molecule has 128 valence electrons. The van der Waals surface area contributed by atoms with Crippen molar-refractivity contribution in [2.45, 2.75) is 26.4 Å². The minimum atomic E-state index is -0.640. The number of nitrogens with zero attached hydrogens (tertiary/aromatic N) is 5. The standard InChI is InChI=1S/C13H16N6O4S/c1-13(2,3)23-12(21)17-11-16-8(5-24-11)9(18-22-4)10(20)19-6-14-15-7-19/h5-7H,1-4H3,(H,16,17,21).